The third-order valence-electron chi connectivity index (χ3n) is 4.59. The average Bonchev–Trinajstić information content (AvgIpc) is 3.05. The number of nitriles is 1. The fraction of sp³-hybridized carbons (Fsp3) is 0.200. The molecule has 0 saturated carbocycles. The number of aromatic nitrogens is 2. The van der Waals surface area contributed by atoms with Gasteiger partial charge in [-0.05, 0) is 45.0 Å². The van der Waals surface area contributed by atoms with Crippen molar-refractivity contribution in [3.05, 3.63) is 64.6 Å². The van der Waals surface area contributed by atoms with Crippen LogP contribution in [0.25, 0.3) is 17.0 Å². The maximum absolute atomic E-state index is 12.6. The zero-order valence-electron chi connectivity index (χ0n) is 14.8. The maximum Gasteiger partial charge on any atom is 0.280 e. The number of para-hydroxylation sites is 1. The third kappa shape index (κ3) is 2.83. The first-order valence-corrected chi connectivity index (χ1v) is 8.06. The van der Waals surface area contributed by atoms with Gasteiger partial charge in [0.1, 0.15) is 11.6 Å². The van der Waals surface area contributed by atoms with Crippen molar-refractivity contribution in [1.29, 1.82) is 5.26 Å². The van der Waals surface area contributed by atoms with Crippen molar-refractivity contribution in [3.63, 3.8) is 0 Å². The van der Waals surface area contributed by atoms with Gasteiger partial charge in [-0.15, -0.1) is 0 Å². The Labute approximate surface area is 146 Å². The normalized spacial score (nSPS) is 11.6. The highest BCUT2D eigenvalue weighted by Crippen LogP contribution is 2.26. The minimum atomic E-state index is -0.419. The molecule has 0 aliphatic heterocycles. The summed E-state index contributed by atoms with van der Waals surface area (Å²) in [7, 11) is 1.98. The molecule has 1 aromatic carbocycles. The number of nitrogens with zero attached hydrogens (tertiary/aromatic N) is 3. The summed E-state index contributed by atoms with van der Waals surface area (Å²) in [6.45, 7) is 5.79. The number of rotatable bonds is 3. The van der Waals surface area contributed by atoms with Crippen LogP contribution in [0.4, 0.5) is 0 Å². The topological polar surface area (TPSA) is 62.8 Å². The molecule has 0 unspecified atom stereocenters. The van der Waals surface area contributed by atoms with Gasteiger partial charge in [-0.3, -0.25) is 14.9 Å². The van der Waals surface area contributed by atoms with Crippen LogP contribution in [0.1, 0.15) is 22.6 Å². The van der Waals surface area contributed by atoms with Gasteiger partial charge in [0, 0.05) is 40.6 Å². The summed E-state index contributed by atoms with van der Waals surface area (Å²) >= 11 is 0. The van der Waals surface area contributed by atoms with Crippen LogP contribution in [0, 0.1) is 32.1 Å². The number of benzene rings is 1. The Morgan fingerprint density at radius 1 is 1.12 bits per heavy atom. The molecule has 0 radical (unpaired) electrons. The Balaban J connectivity index is 2.03. The first-order valence-electron chi connectivity index (χ1n) is 8.06. The summed E-state index contributed by atoms with van der Waals surface area (Å²) in [5.41, 5.74) is 7.65. The van der Waals surface area contributed by atoms with E-state index in [-0.39, 0.29) is 5.57 Å². The Kier molecular flexibility index (Phi) is 4.20. The van der Waals surface area contributed by atoms with Crippen LogP contribution in [0.3, 0.4) is 0 Å². The van der Waals surface area contributed by atoms with E-state index in [2.05, 4.69) is 9.99 Å². The molecule has 2 aromatic heterocycles. The van der Waals surface area contributed by atoms with E-state index in [9.17, 15) is 10.1 Å². The molecule has 0 atom stereocenters. The van der Waals surface area contributed by atoms with Gasteiger partial charge >= 0.3 is 0 Å². The van der Waals surface area contributed by atoms with Gasteiger partial charge in [0.05, 0.1) is 0 Å². The average molecular weight is 332 g/mol. The van der Waals surface area contributed by atoms with Crippen LogP contribution in [0.15, 0.2) is 42.0 Å². The molecule has 1 N–H and O–H groups in total. The van der Waals surface area contributed by atoms with Crippen molar-refractivity contribution in [2.24, 2.45) is 7.05 Å². The molecule has 0 aliphatic carbocycles. The molecule has 5 nitrogen and oxygen atoms in total. The molecule has 0 aliphatic rings. The zero-order valence-corrected chi connectivity index (χ0v) is 14.8. The summed E-state index contributed by atoms with van der Waals surface area (Å²) in [5, 5.41) is 10.5. The molecule has 1 amide bonds. The van der Waals surface area contributed by atoms with E-state index in [4.69, 9.17) is 0 Å². The summed E-state index contributed by atoms with van der Waals surface area (Å²) in [4.78, 5) is 12.6. The van der Waals surface area contributed by atoms with E-state index < -0.39 is 5.91 Å². The van der Waals surface area contributed by atoms with Gasteiger partial charge in [-0.2, -0.15) is 5.26 Å². The van der Waals surface area contributed by atoms with Crippen molar-refractivity contribution >= 4 is 22.9 Å². The lowest BCUT2D eigenvalue weighted by Gasteiger charge is -2.10. The van der Waals surface area contributed by atoms with Crippen LogP contribution >= 0.6 is 0 Å². The van der Waals surface area contributed by atoms with Crippen molar-refractivity contribution in [1.82, 2.24) is 9.24 Å². The molecule has 0 fully saturated rings. The number of hydrogen-bond donors (Lipinski definition) is 1. The van der Waals surface area contributed by atoms with Crippen LogP contribution < -0.4 is 5.43 Å². The summed E-state index contributed by atoms with van der Waals surface area (Å²) in [5.74, 6) is -0.419. The van der Waals surface area contributed by atoms with Crippen molar-refractivity contribution in [2.75, 3.05) is 5.43 Å². The zero-order chi connectivity index (χ0) is 18.1. The minimum Gasteiger partial charge on any atom is -0.347 e. The molecule has 126 valence electrons. The predicted octanol–water partition coefficient (Wildman–Crippen LogP) is 3.58. The molecule has 5 heteroatoms. The molecule has 0 saturated heterocycles. The number of nitrogens with one attached hydrogen (secondary N) is 1. The Hall–Kier alpha value is -3.26. The van der Waals surface area contributed by atoms with E-state index >= 15 is 0 Å². The molecule has 25 heavy (non-hydrogen) atoms. The van der Waals surface area contributed by atoms with Crippen molar-refractivity contribution < 1.29 is 4.79 Å². The van der Waals surface area contributed by atoms with E-state index in [0.717, 1.165) is 33.5 Å². The minimum absolute atomic E-state index is 0.0759. The van der Waals surface area contributed by atoms with Crippen molar-refractivity contribution in [2.45, 2.75) is 20.8 Å². The second-order valence-corrected chi connectivity index (χ2v) is 6.14. The quantitative estimate of drug-likeness (QED) is 0.588. The summed E-state index contributed by atoms with van der Waals surface area (Å²) < 4.78 is 3.75. The second-order valence-electron chi connectivity index (χ2n) is 6.14. The largest absolute Gasteiger partial charge is 0.347 e. The number of carbonyl (C=O) groups is 1. The van der Waals surface area contributed by atoms with Gasteiger partial charge in [-0.1, -0.05) is 18.2 Å². The molecule has 3 aromatic rings. The van der Waals surface area contributed by atoms with E-state index in [1.807, 2.05) is 70.3 Å². The van der Waals surface area contributed by atoms with Crippen LogP contribution in [-0.2, 0) is 11.8 Å². The lowest BCUT2D eigenvalue weighted by molar-refractivity contribution is -0.113. The molecular weight excluding hydrogens is 312 g/mol. The number of amides is 1. The molecule has 2 heterocycles. The van der Waals surface area contributed by atoms with Crippen molar-refractivity contribution in [3.8, 4) is 6.07 Å². The standard InChI is InChI=1S/C20H20N4O/c1-13-9-10-14(2)24(13)22-20(25)16(12-21)11-18-15(3)23(4)19-8-6-5-7-17(18)19/h5-11H,1-4H3,(H,22,25)/b16-11+. The van der Waals surface area contributed by atoms with Crippen LogP contribution in [0.2, 0.25) is 0 Å². The Morgan fingerprint density at radius 3 is 2.40 bits per heavy atom. The van der Waals surface area contributed by atoms with Crippen LogP contribution in [0.5, 0.6) is 0 Å². The fourth-order valence-electron chi connectivity index (χ4n) is 3.03. The number of carbonyl (C=O) groups excluding carboxylic acids is 1. The summed E-state index contributed by atoms with van der Waals surface area (Å²) in [6.07, 6.45) is 1.67. The SMILES string of the molecule is Cc1ccc(C)n1NC(=O)/C(C#N)=C/c1c(C)n(C)c2ccccc12. The highest BCUT2D eigenvalue weighted by molar-refractivity contribution is 6.08. The van der Waals surface area contributed by atoms with E-state index in [1.165, 1.54) is 0 Å². The lowest BCUT2D eigenvalue weighted by Crippen LogP contribution is -2.25. The first kappa shape index (κ1) is 16.6. The highest BCUT2D eigenvalue weighted by Gasteiger charge is 2.15. The number of aryl methyl sites for hydroxylation is 3. The van der Waals surface area contributed by atoms with Crippen LogP contribution in [-0.4, -0.2) is 15.2 Å². The Bertz CT molecular complexity index is 1020. The monoisotopic (exact) mass is 332 g/mol. The number of hydrogen-bond acceptors (Lipinski definition) is 2. The molecular formula is C20H20N4O. The van der Waals surface area contributed by atoms with Gasteiger partial charge in [0.25, 0.3) is 5.91 Å². The molecule has 0 bridgehead atoms. The van der Waals surface area contributed by atoms with E-state index in [0.29, 0.717) is 0 Å². The highest BCUT2D eigenvalue weighted by atomic mass is 16.2. The molecule has 0 spiro atoms. The fourth-order valence-corrected chi connectivity index (χ4v) is 3.03. The van der Waals surface area contributed by atoms with Gasteiger partial charge in [0.2, 0.25) is 0 Å². The smallest absolute Gasteiger partial charge is 0.280 e. The second kappa shape index (κ2) is 6.33. The lowest BCUT2D eigenvalue weighted by atomic mass is 10.1. The Morgan fingerprint density at radius 2 is 1.76 bits per heavy atom. The van der Waals surface area contributed by atoms with Gasteiger partial charge in [-0.25, -0.2) is 0 Å². The first-order chi connectivity index (χ1) is 11.9. The maximum atomic E-state index is 12.6. The number of fused-ring (bicyclic) bond motifs is 1. The third-order valence-corrected chi connectivity index (χ3v) is 4.59. The molecule has 3 rings (SSSR count). The van der Waals surface area contributed by atoms with Gasteiger partial charge in [0.15, 0.2) is 0 Å². The predicted molar refractivity (Wildman–Crippen MR) is 99.5 cm³/mol. The summed E-state index contributed by atoms with van der Waals surface area (Å²) in [6, 6.07) is 13.8. The van der Waals surface area contributed by atoms with Gasteiger partial charge < -0.3 is 4.57 Å². The van der Waals surface area contributed by atoms with E-state index in [1.54, 1.807) is 10.8 Å².